The summed E-state index contributed by atoms with van der Waals surface area (Å²) in [5.41, 5.74) is 0.733. The summed E-state index contributed by atoms with van der Waals surface area (Å²) in [6.45, 7) is 2.15. The topological polar surface area (TPSA) is 57.2 Å². The molecule has 5 nitrogen and oxygen atoms in total. The number of methoxy groups -OCH3 is 2. The molecule has 5 heteroatoms. The molecular formula is C15H22O5. The number of hydrogen-bond acceptors (Lipinski definition) is 5. The van der Waals surface area contributed by atoms with Gasteiger partial charge in [-0.1, -0.05) is 0 Å². The van der Waals surface area contributed by atoms with Gasteiger partial charge in [0.1, 0.15) is 0 Å². The second-order valence-electron chi connectivity index (χ2n) is 4.85. The summed E-state index contributed by atoms with van der Waals surface area (Å²) in [6, 6.07) is 3.53. The molecule has 0 aromatic heterocycles. The molecule has 0 saturated carbocycles. The van der Waals surface area contributed by atoms with Crippen molar-refractivity contribution in [2.45, 2.75) is 19.4 Å². The van der Waals surface area contributed by atoms with E-state index in [0.29, 0.717) is 29.8 Å². The zero-order chi connectivity index (χ0) is 14.4. The van der Waals surface area contributed by atoms with Crippen LogP contribution in [0.4, 0.5) is 0 Å². The van der Waals surface area contributed by atoms with Crippen molar-refractivity contribution in [2.24, 2.45) is 5.92 Å². The number of aliphatic hydroxyl groups excluding tert-OH is 1. The molecule has 1 heterocycles. The van der Waals surface area contributed by atoms with E-state index in [1.807, 2.05) is 0 Å². The standard InChI is InChI=1S/C15H22O5/c1-17-13-7-12(9-16)8-14(18-2)15(13)20-10-11-3-5-19-6-4-11/h7-8,11,16H,3-6,9-10H2,1-2H3. The van der Waals surface area contributed by atoms with Crippen molar-refractivity contribution in [2.75, 3.05) is 34.0 Å². The first kappa shape index (κ1) is 14.9. The number of rotatable bonds is 6. The maximum absolute atomic E-state index is 9.24. The molecule has 2 rings (SSSR count). The molecule has 1 aliphatic heterocycles. The summed E-state index contributed by atoms with van der Waals surface area (Å²) < 4.78 is 21.9. The molecule has 1 fully saturated rings. The molecule has 0 unspecified atom stereocenters. The molecule has 0 bridgehead atoms. The average molecular weight is 282 g/mol. The number of aliphatic hydroxyl groups is 1. The summed E-state index contributed by atoms with van der Waals surface area (Å²) in [6.07, 6.45) is 2.03. The third-order valence-corrected chi connectivity index (χ3v) is 3.51. The van der Waals surface area contributed by atoms with E-state index in [9.17, 15) is 5.11 Å². The third-order valence-electron chi connectivity index (χ3n) is 3.51. The second-order valence-corrected chi connectivity index (χ2v) is 4.85. The van der Waals surface area contributed by atoms with Crippen molar-refractivity contribution >= 4 is 0 Å². The fourth-order valence-corrected chi connectivity index (χ4v) is 2.28. The van der Waals surface area contributed by atoms with Crippen LogP contribution in [0.5, 0.6) is 17.2 Å². The minimum atomic E-state index is -0.0625. The Morgan fingerprint density at radius 1 is 1.15 bits per heavy atom. The van der Waals surface area contributed by atoms with Crippen LogP contribution >= 0.6 is 0 Å². The molecule has 0 radical (unpaired) electrons. The average Bonchev–Trinajstić information content (AvgIpc) is 2.52. The summed E-state index contributed by atoms with van der Waals surface area (Å²) in [5.74, 6) is 2.26. The van der Waals surface area contributed by atoms with E-state index in [-0.39, 0.29) is 6.61 Å². The van der Waals surface area contributed by atoms with E-state index >= 15 is 0 Å². The summed E-state index contributed by atoms with van der Waals surface area (Å²) in [5, 5.41) is 9.24. The van der Waals surface area contributed by atoms with Gasteiger partial charge in [0.25, 0.3) is 0 Å². The van der Waals surface area contributed by atoms with Crippen LogP contribution in [0.1, 0.15) is 18.4 Å². The molecule has 0 spiro atoms. The van der Waals surface area contributed by atoms with Crippen LogP contribution in [0.2, 0.25) is 0 Å². The Kier molecular flexibility index (Phi) is 5.49. The maximum atomic E-state index is 9.24. The zero-order valence-corrected chi connectivity index (χ0v) is 12.1. The minimum absolute atomic E-state index is 0.0625. The monoisotopic (exact) mass is 282 g/mol. The predicted octanol–water partition coefficient (Wildman–Crippen LogP) is 2.00. The van der Waals surface area contributed by atoms with Gasteiger partial charge in [0.15, 0.2) is 11.5 Å². The van der Waals surface area contributed by atoms with Crippen LogP contribution in [0, 0.1) is 5.92 Å². The number of hydrogen-bond donors (Lipinski definition) is 1. The van der Waals surface area contributed by atoms with Crippen molar-refractivity contribution < 1.29 is 24.1 Å². The highest BCUT2D eigenvalue weighted by Gasteiger charge is 2.18. The van der Waals surface area contributed by atoms with E-state index in [1.54, 1.807) is 26.4 Å². The Morgan fingerprint density at radius 3 is 2.25 bits per heavy atom. The lowest BCUT2D eigenvalue weighted by Gasteiger charge is -2.23. The van der Waals surface area contributed by atoms with E-state index < -0.39 is 0 Å². The highest BCUT2D eigenvalue weighted by Crippen LogP contribution is 2.39. The van der Waals surface area contributed by atoms with Gasteiger partial charge in [0.05, 0.1) is 27.4 Å². The van der Waals surface area contributed by atoms with E-state index in [4.69, 9.17) is 18.9 Å². The van der Waals surface area contributed by atoms with E-state index in [1.165, 1.54) is 0 Å². The van der Waals surface area contributed by atoms with Crippen molar-refractivity contribution in [1.29, 1.82) is 0 Å². The Balaban J connectivity index is 2.11. The second kappa shape index (κ2) is 7.36. The van der Waals surface area contributed by atoms with Crippen LogP contribution in [0.15, 0.2) is 12.1 Å². The molecule has 0 atom stereocenters. The molecule has 0 amide bonds. The molecule has 1 aliphatic rings. The molecular weight excluding hydrogens is 260 g/mol. The smallest absolute Gasteiger partial charge is 0.203 e. The Bertz CT molecular complexity index is 401. The first-order chi connectivity index (χ1) is 9.78. The molecule has 20 heavy (non-hydrogen) atoms. The van der Waals surface area contributed by atoms with Crippen molar-refractivity contribution in [3.63, 3.8) is 0 Å². The van der Waals surface area contributed by atoms with Crippen molar-refractivity contribution in [3.05, 3.63) is 17.7 Å². The van der Waals surface area contributed by atoms with Crippen LogP contribution < -0.4 is 14.2 Å². The first-order valence-corrected chi connectivity index (χ1v) is 6.84. The van der Waals surface area contributed by atoms with Crippen molar-refractivity contribution in [3.8, 4) is 17.2 Å². The van der Waals surface area contributed by atoms with Gasteiger partial charge < -0.3 is 24.1 Å². The molecule has 112 valence electrons. The third kappa shape index (κ3) is 3.55. The summed E-state index contributed by atoms with van der Waals surface area (Å²) in [7, 11) is 3.16. The van der Waals surface area contributed by atoms with Crippen LogP contribution in [0.3, 0.4) is 0 Å². The van der Waals surface area contributed by atoms with Crippen LogP contribution in [-0.2, 0) is 11.3 Å². The van der Waals surface area contributed by atoms with E-state index in [0.717, 1.165) is 31.6 Å². The molecule has 1 aromatic carbocycles. The fraction of sp³-hybridized carbons (Fsp3) is 0.600. The van der Waals surface area contributed by atoms with Gasteiger partial charge in [0.2, 0.25) is 5.75 Å². The first-order valence-electron chi connectivity index (χ1n) is 6.84. The lowest BCUT2D eigenvalue weighted by Crippen LogP contribution is -2.21. The zero-order valence-electron chi connectivity index (χ0n) is 12.1. The van der Waals surface area contributed by atoms with Gasteiger partial charge in [-0.3, -0.25) is 0 Å². The Hall–Kier alpha value is -1.46. The van der Waals surface area contributed by atoms with Gasteiger partial charge in [-0.2, -0.15) is 0 Å². The fourth-order valence-electron chi connectivity index (χ4n) is 2.28. The molecule has 0 aliphatic carbocycles. The SMILES string of the molecule is COc1cc(CO)cc(OC)c1OCC1CCOCC1. The van der Waals surface area contributed by atoms with Gasteiger partial charge in [-0.05, 0) is 36.5 Å². The number of benzene rings is 1. The quantitative estimate of drug-likeness (QED) is 0.865. The van der Waals surface area contributed by atoms with Crippen molar-refractivity contribution in [1.82, 2.24) is 0 Å². The Labute approximate surface area is 119 Å². The summed E-state index contributed by atoms with van der Waals surface area (Å²) in [4.78, 5) is 0. The van der Waals surface area contributed by atoms with Crippen LogP contribution in [-0.4, -0.2) is 39.1 Å². The normalized spacial score (nSPS) is 15.9. The highest BCUT2D eigenvalue weighted by molar-refractivity contribution is 5.53. The van der Waals surface area contributed by atoms with Gasteiger partial charge in [-0.15, -0.1) is 0 Å². The Morgan fingerprint density at radius 2 is 1.75 bits per heavy atom. The van der Waals surface area contributed by atoms with Gasteiger partial charge >= 0.3 is 0 Å². The van der Waals surface area contributed by atoms with Crippen LogP contribution in [0.25, 0.3) is 0 Å². The van der Waals surface area contributed by atoms with E-state index in [2.05, 4.69) is 0 Å². The lowest BCUT2D eigenvalue weighted by atomic mass is 10.0. The molecule has 1 N–H and O–H groups in total. The summed E-state index contributed by atoms with van der Waals surface area (Å²) >= 11 is 0. The molecule has 1 saturated heterocycles. The highest BCUT2D eigenvalue weighted by atomic mass is 16.5. The molecule has 1 aromatic rings. The maximum Gasteiger partial charge on any atom is 0.203 e. The lowest BCUT2D eigenvalue weighted by molar-refractivity contribution is 0.0489. The number of ether oxygens (including phenoxy) is 4. The largest absolute Gasteiger partial charge is 0.493 e. The van der Waals surface area contributed by atoms with Gasteiger partial charge in [0, 0.05) is 13.2 Å². The predicted molar refractivity (Wildman–Crippen MR) is 74.5 cm³/mol. The van der Waals surface area contributed by atoms with Gasteiger partial charge in [-0.25, -0.2) is 0 Å². The minimum Gasteiger partial charge on any atom is -0.493 e.